The minimum Gasteiger partial charge on any atom is -0.388 e. The summed E-state index contributed by atoms with van der Waals surface area (Å²) in [5, 5.41) is 13.3. The first-order valence-corrected chi connectivity index (χ1v) is 14.1. The number of nitrogens with zero attached hydrogens (tertiary/aromatic N) is 3. The lowest BCUT2D eigenvalue weighted by molar-refractivity contribution is -0.137. The molecule has 4 aliphatic carbocycles. The molecule has 196 valence electrons. The zero-order valence-electron chi connectivity index (χ0n) is 23.3. The Hall–Kier alpha value is -1.67. The van der Waals surface area contributed by atoms with Gasteiger partial charge in [-0.05, 0) is 91.8 Å². The molecule has 4 saturated carbocycles. The summed E-state index contributed by atoms with van der Waals surface area (Å²) in [6.45, 7) is 11.8. The van der Waals surface area contributed by atoms with Crippen molar-refractivity contribution in [2.75, 3.05) is 14.2 Å². The lowest BCUT2D eigenvalue weighted by Gasteiger charge is -2.61. The second-order valence-electron chi connectivity index (χ2n) is 12.1. The molecule has 4 aliphatic rings. The SMILES string of the molecule is CC.CC1CC[C@@]2(C)C(CCC3C4CCC(C(=O)Cn5cc(C#N)cn5)C4(C)CCC32)C1.COC. The number of ketones is 1. The Labute approximate surface area is 214 Å². The van der Waals surface area contributed by atoms with Crippen LogP contribution in [-0.4, -0.2) is 29.8 Å². The molecular formula is C30H49N3O2. The van der Waals surface area contributed by atoms with Crippen LogP contribution < -0.4 is 0 Å². The van der Waals surface area contributed by atoms with Gasteiger partial charge >= 0.3 is 0 Å². The molecule has 8 atom stereocenters. The Morgan fingerprint density at radius 2 is 1.74 bits per heavy atom. The van der Waals surface area contributed by atoms with Gasteiger partial charge in [0.15, 0.2) is 5.78 Å². The van der Waals surface area contributed by atoms with Gasteiger partial charge < -0.3 is 4.74 Å². The van der Waals surface area contributed by atoms with Crippen molar-refractivity contribution < 1.29 is 9.53 Å². The van der Waals surface area contributed by atoms with Crippen LogP contribution in [0.15, 0.2) is 12.4 Å². The summed E-state index contributed by atoms with van der Waals surface area (Å²) >= 11 is 0. The third-order valence-corrected chi connectivity index (χ3v) is 10.4. The van der Waals surface area contributed by atoms with E-state index in [1.54, 1.807) is 31.3 Å². The number of aromatic nitrogens is 2. The predicted octanol–water partition coefficient (Wildman–Crippen LogP) is 6.91. The molecule has 35 heavy (non-hydrogen) atoms. The van der Waals surface area contributed by atoms with Gasteiger partial charge in [0.2, 0.25) is 0 Å². The summed E-state index contributed by atoms with van der Waals surface area (Å²) < 4.78 is 5.92. The molecule has 7 unspecified atom stereocenters. The van der Waals surface area contributed by atoms with Gasteiger partial charge in [0.25, 0.3) is 0 Å². The molecule has 0 radical (unpaired) electrons. The van der Waals surface area contributed by atoms with Crippen LogP contribution in [0.5, 0.6) is 0 Å². The topological polar surface area (TPSA) is 67.9 Å². The quantitative estimate of drug-likeness (QED) is 0.468. The Morgan fingerprint density at radius 1 is 1.09 bits per heavy atom. The number of methoxy groups -OCH3 is 1. The van der Waals surface area contributed by atoms with Gasteiger partial charge in [-0.15, -0.1) is 0 Å². The molecule has 0 saturated heterocycles. The van der Waals surface area contributed by atoms with Crippen molar-refractivity contribution in [3.8, 4) is 6.07 Å². The Balaban J connectivity index is 0.000000638. The van der Waals surface area contributed by atoms with E-state index in [9.17, 15) is 4.79 Å². The average molecular weight is 484 g/mol. The molecular weight excluding hydrogens is 434 g/mol. The van der Waals surface area contributed by atoms with Crippen LogP contribution >= 0.6 is 0 Å². The summed E-state index contributed by atoms with van der Waals surface area (Å²) in [6.07, 6.45) is 15.2. The molecule has 1 aromatic rings. The molecule has 5 nitrogen and oxygen atoms in total. The summed E-state index contributed by atoms with van der Waals surface area (Å²) in [7, 11) is 3.25. The van der Waals surface area contributed by atoms with E-state index in [4.69, 9.17) is 5.26 Å². The minimum atomic E-state index is 0.161. The highest BCUT2D eigenvalue weighted by molar-refractivity contribution is 5.82. The van der Waals surface area contributed by atoms with Gasteiger partial charge in [-0.3, -0.25) is 9.48 Å². The van der Waals surface area contributed by atoms with Crippen molar-refractivity contribution in [3.63, 3.8) is 0 Å². The maximum absolute atomic E-state index is 13.3. The second-order valence-corrected chi connectivity index (χ2v) is 12.1. The first kappa shape index (κ1) is 27.9. The lowest BCUT2D eigenvalue weighted by Crippen LogP contribution is -2.53. The van der Waals surface area contributed by atoms with E-state index in [0.717, 1.165) is 36.0 Å². The largest absolute Gasteiger partial charge is 0.388 e. The molecule has 5 heteroatoms. The van der Waals surface area contributed by atoms with E-state index < -0.39 is 0 Å². The van der Waals surface area contributed by atoms with Crippen LogP contribution in [-0.2, 0) is 16.1 Å². The minimum absolute atomic E-state index is 0.161. The van der Waals surface area contributed by atoms with Crippen LogP contribution in [0.25, 0.3) is 0 Å². The first-order chi connectivity index (χ1) is 16.8. The van der Waals surface area contributed by atoms with Crippen molar-refractivity contribution in [1.29, 1.82) is 5.26 Å². The molecule has 0 spiro atoms. The normalized spacial score (nSPS) is 39.4. The highest BCUT2D eigenvalue weighted by atomic mass is 16.4. The van der Waals surface area contributed by atoms with Crippen LogP contribution in [0.2, 0.25) is 0 Å². The number of hydrogen-bond donors (Lipinski definition) is 0. The van der Waals surface area contributed by atoms with Gasteiger partial charge in [0.1, 0.15) is 6.07 Å². The third kappa shape index (κ3) is 5.24. The monoisotopic (exact) mass is 483 g/mol. The van der Waals surface area contributed by atoms with Crippen LogP contribution in [0.3, 0.4) is 0 Å². The van der Waals surface area contributed by atoms with Gasteiger partial charge in [-0.1, -0.05) is 41.0 Å². The van der Waals surface area contributed by atoms with Crippen LogP contribution in [0.1, 0.15) is 98.0 Å². The summed E-state index contributed by atoms with van der Waals surface area (Å²) in [5.74, 6) is 4.75. The van der Waals surface area contributed by atoms with Crippen LogP contribution in [0.4, 0.5) is 0 Å². The molecule has 0 aliphatic heterocycles. The van der Waals surface area contributed by atoms with E-state index in [1.807, 2.05) is 13.8 Å². The number of Topliss-reactive ketones (excluding diaryl/α,β-unsaturated/α-hetero) is 1. The predicted molar refractivity (Wildman–Crippen MR) is 141 cm³/mol. The zero-order chi connectivity index (χ0) is 25.8. The first-order valence-electron chi connectivity index (χ1n) is 14.1. The Morgan fingerprint density at radius 3 is 2.40 bits per heavy atom. The molecule has 0 N–H and O–H groups in total. The number of carbonyl (C=O) groups is 1. The third-order valence-electron chi connectivity index (χ3n) is 10.4. The smallest absolute Gasteiger partial charge is 0.157 e. The fraction of sp³-hybridized carbons (Fsp3) is 0.833. The summed E-state index contributed by atoms with van der Waals surface area (Å²) in [6, 6.07) is 2.11. The number of ether oxygens (including phenoxy) is 1. The van der Waals surface area contributed by atoms with Crippen molar-refractivity contribution in [2.45, 2.75) is 99.0 Å². The van der Waals surface area contributed by atoms with Crippen molar-refractivity contribution in [3.05, 3.63) is 18.0 Å². The fourth-order valence-electron chi connectivity index (χ4n) is 8.78. The van der Waals surface area contributed by atoms with Crippen LogP contribution in [0, 0.1) is 57.7 Å². The van der Waals surface area contributed by atoms with Crippen molar-refractivity contribution in [1.82, 2.24) is 9.78 Å². The second kappa shape index (κ2) is 11.6. The van der Waals surface area contributed by atoms with Gasteiger partial charge in [0.05, 0.1) is 18.3 Å². The van der Waals surface area contributed by atoms with E-state index in [0.29, 0.717) is 23.3 Å². The standard InChI is InChI=1S/C26H37N3O.C2H6O.C2H6/c1-17-8-10-25(2)19(12-17)4-5-20-21-6-7-23(26(21,3)11-9-22(20)25)24(30)16-29-15-18(13-27)14-28-29;1-3-2;1-2/h14-15,17,19-23H,4-12,16H2,1-3H3;1-2H3;1-2H3/t17?,19?,20?,21?,22?,23?,25-,26?;;/m0../s1. The number of nitriles is 1. The van der Waals surface area contributed by atoms with Gasteiger partial charge in [-0.25, -0.2) is 0 Å². The zero-order valence-corrected chi connectivity index (χ0v) is 23.3. The highest BCUT2D eigenvalue weighted by Gasteiger charge is 2.60. The van der Waals surface area contributed by atoms with Gasteiger partial charge in [-0.2, -0.15) is 10.4 Å². The average Bonchev–Trinajstić information content (AvgIpc) is 3.45. The number of fused-ring (bicyclic) bond motifs is 5. The number of rotatable bonds is 3. The van der Waals surface area contributed by atoms with Gasteiger partial charge in [0, 0.05) is 26.3 Å². The summed E-state index contributed by atoms with van der Waals surface area (Å²) in [5.41, 5.74) is 1.24. The van der Waals surface area contributed by atoms with E-state index in [-0.39, 0.29) is 11.3 Å². The summed E-state index contributed by atoms with van der Waals surface area (Å²) in [4.78, 5) is 13.3. The molecule has 4 fully saturated rings. The Bertz CT molecular complexity index is 888. The highest BCUT2D eigenvalue weighted by Crippen LogP contribution is 2.67. The maximum Gasteiger partial charge on any atom is 0.157 e. The van der Waals surface area contributed by atoms with E-state index >= 15 is 0 Å². The Kier molecular flexibility index (Phi) is 9.24. The molecule has 0 aromatic carbocycles. The van der Waals surface area contributed by atoms with E-state index in [1.165, 1.54) is 51.4 Å². The molecule has 0 bridgehead atoms. The molecule has 5 rings (SSSR count). The molecule has 1 heterocycles. The van der Waals surface area contributed by atoms with Crippen molar-refractivity contribution >= 4 is 5.78 Å². The molecule has 0 amide bonds. The fourth-order valence-corrected chi connectivity index (χ4v) is 8.78. The number of hydrogen-bond acceptors (Lipinski definition) is 4. The maximum atomic E-state index is 13.3. The van der Waals surface area contributed by atoms with E-state index in [2.05, 4.69) is 36.7 Å². The van der Waals surface area contributed by atoms with Crippen molar-refractivity contribution in [2.24, 2.45) is 46.3 Å². The molecule has 1 aromatic heterocycles. The number of carbonyl (C=O) groups excluding carboxylic acids is 1. The lowest BCUT2D eigenvalue weighted by atomic mass is 9.44.